The first-order chi connectivity index (χ1) is 17.7. The molecular weight excluding hydrogens is 464 g/mol. The minimum Gasteiger partial charge on any atom is -0.508 e. The van der Waals surface area contributed by atoms with Crippen LogP contribution < -0.4 is 4.90 Å². The van der Waals surface area contributed by atoms with E-state index in [-0.39, 0.29) is 18.0 Å². The van der Waals surface area contributed by atoms with E-state index in [1.807, 2.05) is 79.4 Å². The quantitative estimate of drug-likeness (QED) is 0.213. The SMILES string of the molecule is CC1(C)c2ccccc2N(Cc2cc(C#Cc3ccc([N+](=O)[O-])cc3)ccc2O)C1(O)c1ccccc1. The largest absolute Gasteiger partial charge is 0.508 e. The number of rotatable bonds is 4. The van der Waals surface area contributed by atoms with Crippen LogP contribution in [-0.2, 0) is 17.7 Å². The fourth-order valence-electron chi connectivity index (χ4n) is 5.09. The van der Waals surface area contributed by atoms with E-state index in [9.17, 15) is 20.3 Å². The molecule has 6 heteroatoms. The van der Waals surface area contributed by atoms with Gasteiger partial charge in [0.2, 0.25) is 0 Å². The van der Waals surface area contributed by atoms with Crippen molar-refractivity contribution in [2.75, 3.05) is 4.90 Å². The highest BCUT2D eigenvalue weighted by Gasteiger charge is 2.57. The Morgan fingerprint density at radius 1 is 0.865 bits per heavy atom. The molecule has 0 aliphatic carbocycles. The Kier molecular flexibility index (Phi) is 5.94. The topological polar surface area (TPSA) is 86.8 Å². The zero-order valence-corrected chi connectivity index (χ0v) is 20.6. The van der Waals surface area contributed by atoms with Crippen LogP contribution in [0.3, 0.4) is 0 Å². The average molecular weight is 491 g/mol. The van der Waals surface area contributed by atoms with Crippen LogP contribution in [0.4, 0.5) is 11.4 Å². The van der Waals surface area contributed by atoms with E-state index in [0.29, 0.717) is 16.7 Å². The molecule has 0 saturated heterocycles. The fourth-order valence-corrected chi connectivity index (χ4v) is 5.09. The van der Waals surface area contributed by atoms with Gasteiger partial charge in [0.15, 0.2) is 5.72 Å². The van der Waals surface area contributed by atoms with Gasteiger partial charge in [0.1, 0.15) is 5.75 Å². The third kappa shape index (κ3) is 4.10. The number of benzene rings is 4. The molecule has 1 heterocycles. The molecule has 1 aliphatic rings. The number of nitro benzene ring substituents is 1. The van der Waals surface area contributed by atoms with Gasteiger partial charge in [0.25, 0.3) is 5.69 Å². The highest BCUT2D eigenvalue weighted by molar-refractivity contribution is 5.67. The number of non-ortho nitro benzene ring substituents is 1. The smallest absolute Gasteiger partial charge is 0.269 e. The van der Waals surface area contributed by atoms with Crippen molar-refractivity contribution in [1.29, 1.82) is 0 Å². The summed E-state index contributed by atoms with van der Waals surface area (Å²) in [6, 6.07) is 28.7. The molecule has 0 saturated carbocycles. The van der Waals surface area contributed by atoms with Crippen molar-refractivity contribution in [3.8, 4) is 17.6 Å². The second kappa shape index (κ2) is 9.12. The second-order valence-corrected chi connectivity index (χ2v) is 9.66. The fraction of sp³-hybridized carbons (Fsp3) is 0.161. The molecule has 0 aromatic heterocycles. The second-order valence-electron chi connectivity index (χ2n) is 9.66. The molecular formula is C31H26N2O4. The third-order valence-electron chi connectivity index (χ3n) is 7.14. The Morgan fingerprint density at radius 3 is 2.19 bits per heavy atom. The van der Waals surface area contributed by atoms with Gasteiger partial charge in [0, 0.05) is 52.0 Å². The number of anilines is 1. The van der Waals surface area contributed by atoms with Crippen LogP contribution in [-0.4, -0.2) is 15.1 Å². The molecule has 6 nitrogen and oxygen atoms in total. The number of aromatic hydroxyl groups is 1. The highest BCUT2D eigenvalue weighted by atomic mass is 16.6. The van der Waals surface area contributed by atoms with Gasteiger partial charge in [-0.3, -0.25) is 10.1 Å². The van der Waals surface area contributed by atoms with Gasteiger partial charge in [0.05, 0.1) is 4.92 Å². The van der Waals surface area contributed by atoms with Crippen molar-refractivity contribution in [3.63, 3.8) is 0 Å². The molecule has 0 fully saturated rings. The maximum atomic E-state index is 12.4. The Hall–Kier alpha value is -4.60. The lowest BCUT2D eigenvalue weighted by Gasteiger charge is -2.44. The van der Waals surface area contributed by atoms with Crippen molar-refractivity contribution in [1.82, 2.24) is 0 Å². The summed E-state index contributed by atoms with van der Waals surface area (Å²) in [6.07, 6.45) is 0. The number of para-hydroxylation sites is 1. The molecule has 0 bridgehead atoms. The predicted octanol–water partition coefficient (Wildman–Crippen LogP) is 5.84. The molecule has 184 valence electrons. The van der Waals surface area contributed by atoms with E-state index in [4.69, 9.17) is 0 Å². The highest BCUT2D eigenvalue weighted by Crippen LogP contribution is 2.55. The summed E-state index contributed by atoms with van der Waals surface area (Å²) in [6.45, 7) is 4.32. The Bertz CT molecular complexity index is 1540. The van der Waals surface area contributed by atoms with Crippen molar-refractivity contribution in [2.45, 2.75) is 31.5 Å². The van der Waals surface area contributed by atoms with E-state index in [0.717, 1.165) is 16.8 Å². The number of phenols is 1. The summed E-state index contributed by atoms with van der Waals surface area (Å²) >= 11 is 0. The van der Waals surface area contributed by atoms with E-state index >= 15 is 0 Å². The molecule has 4 aromatic carbocycles. The number of phenolic OH excluding ortho intramolecular Hbond substituents is 1. The Balaban J connectivity index is 1.53. The number of aliphatic hydroxyl groups is 1. The van der Waals surface area contributed by atoms with E-state index in [1.54, 1.807) is 24.3 Å². The lowest BCUT2D eigenvalue weighted by molar-refractivity contribution is -0.384. The van der Waals surface area contributed by atoms with Crippen LogP contribution in [0, 0.1) is 22.0 Å². The van der Waals surface area contributed by atoms with Crippen molar-refractivity contribution in [3.05, 3.63) is 135 Å². The Labute approximate surface area is 215 Å². The van der Waals surface area contributed by atoms with Crippen LogP contribution in [0.5, 0.6) is 5.75 Å². The molecule has 4 aromatic rings. The molecule has 1 atom stereocenters. The number of fused-ring (bicyclic) bond motifs is 1. The van der Waals surface area contributed by atoms with E-state index in [2.05, 4.69) is 11.8 Å². The molecule has 5 rings (SSSR count). The van der Waals surface area contributed by atoms with Gasteiger partial charge in [-0.1, -0.05) is 74.2 Å². The molecule has 37 heavy (non-hydrogen) atoms. The minimum absolute atomic E-state index is 0.0113. The minimum atomic E-state index is -1.36. The van der Waals surface area contributed by atoms with E-state index in [1.165, 1.54) is 12.1 Å². The predicted molar refractivity (Wildman–Crippen MR) is 143 cm³/mol. The summed E-state index contributed by atoms with van der Waals surface area (Å²) in [7, 11) is 0. The number of hydrogen-bond acceptors (Lipinski definition) is 5. The monoisotopic (exact) mass is 490 g/mol. The van der Waals surface area contributed by atoms with Crippen molar-refractivity contribution >= 4 is 11.4 Å². The zero-order valence-electron chi connectivity index (χ0n) is 20.6. The summed E-state index contributed by atoms with van der Waals surface area (Å²) in [5.41, 5.74) is 2.67. The number of hydrogen-bond donors (Lipinski definition) is 2. The van der Waals surface area contributed by atoms with Gasteiger partial charge >= 0.3 is 0 Å². The summed E-state index contributed by atoms with van der Waals surface area (Å²) in [5.74, 6) is 6.21. The van der Waals surface area contributed by atoms with Crippen LogP contribution in [0.2, 0.25) is 0 Å². The first-order valence-corrected chi connectivity index (χ1v) is 12.0. The van der Waals surface area contributed by atoms with Crippen LogP contribution in [0.1, 0.15) is 41.7 Å². The van der Waals surface area contributed by atoms with Gasteiger partial charge in [-0.05, 0) is 42.0 Å². The number of nitrogens with zero attached hydrogens (tertiary/aromatic N) is 2. The van der Waals surface area contributed by atoms with Crippen LogP contribution in [0.25, 0.3) is 0 Å². The van der Waals surface area contributed by atoms with Crippen LogP contribution in [0.15, 0.2) is 97.1 Å². The summed E-state index contributed by atoms with van der Waals surface area (Å²) in [5, 5.41) is 34.0. The molecule has 0 radical (unpaired) electrons. The van der Waals surface area contributed by atoms with Crippen molar-refractivity contribution in [2.24, 2.45) is 0 Å². The summed E-state index contributed by atoms with van der Waals surface area (Å²) < 4.78 is 0. The molecule has 2 N–H and O–H groups in total. The van der Waals surface area contributed by atoms with Crippen LogP contribution >= 0.6 is 0 Å². The maximum absolute atomic E-state index is 12.4. The van der Waals surface area contributed by atoms with Gasteiger partial charge in [-0.15, -0.1) is 0 Å². The summed E-state index contributed by atoms with van der Waals surface area (Å²) in [4.78, 5) is 12.4. The molecule has 0 amide bonds. The van der Waals surface area contributed by atoms with Crippen molar-refractivity contribution < 1.29 is 15.1 Å². The molecule has 0 spiro atoms. The normalized spacial score (nSPS) is 17.5. The lowest BCUT2D eigenvalue weighted by atomic mass is 9.74. The standard InChI is InChI=1S/C31H26N2O4/c1-30(2)27-10-6-7-11-28(27)32(31(30,35)25-8-4-3-5-9-25)21-24-20-23(16-19-29(24)34)13-12-22-14-17-26(18-15-22)33(36)37/h3-11,14-20,34-35H,21H2,1-2H3. The third-order valence-corrected chi connectivity index (χ3v) is 7.14. The van der Waals surface area contributed by atoms with Gasteiger partial charge < -0.3 is 15.1 Å². The first kappa shape index (κ1) is 24.1. The lowest BCUT2D eigenvalue weighted by Crippen LogP contribution is -2.52. The molecule has 1 aliphatic heterocycles. The van der Waals surface area contributed by atoms with Gasteiger partial charge in [-0.2, -0.15) is 0 Å². The maximum Gasteiger partial charge on any atom is 0.269 e. The Morgan fingerprint density at radius 2 is 1.49 bits per heavy atom. The zero-order chi connectivity index (χ0) is 26.2. The first-order valence-electron chi connectivity index (χ1n) is 12.0. The van der Waals surface area contributed by atoms with Gasteiger partial charge in [-0.25, -0.2) is 0 Å². The number of nitro groups is 1. The molecule has 1 unspecified atom stereocenters. The van der Waals surface area contributed by atoms with E-state index < -0.39 is 16.1 Å². The average Bonchev–Trinajstić information content (AvgIpc) is 3.08.